The van der Waals surface area contributed by atoms with Crippen LogP contribution in [0.2, 0.25) is 5.02 Å². The maximum atomic E-state index is 11.3. The average molecular weight is 287 g/mol. The molecule has 0 saturated heterocycles. The summed E-state index contributed by atoms with van der Waals surface area (Å²) in [5, 5.41) is 18.8. The average Bonchev–Trinajstić information content (AvgIpc) is 2.36. The molecular weight excluding hydrogens is 272 g/mol. The fraction of sp³-hybridized carbons (Fsp3) is 0.385. The van der Waals surface area contributed by atoms with E-state index in [9.17, 15) is 14.7 Å². The standard InChI is InChI=1S/C13H15ClO5/c1-2-19-11(15)6-3-8-7-9(14)4-5-10(8)12(16)13(17)18/h4-5,7,12,16H,2-3,6H2,1H3,(H,17,18). The molecule has 0 saturated carbocycles. The monoisotopic (exact) mass is 286 g/mol. The Kier molecular flexibility index (Phi) is 5.79. The molecule has 0 aliphatic carbocycles. The predicted molar refractivity (Wildman–Crippen MR) is 69.0 cm³/mol. The van der Waals surface area contributed by atoms with Crippen LogP contribution in [0.25, 0.3) is 0 Å². The second-order valence-electron chi connectivity index (χ2n) is 3.89. The third-order valence-corrected chi connectivity index (χ3v) is 2.77. The molecule has 0 amide bonds. The summed E-state index contributed by atoms with van der Waals surface area (Å²) in [4.78, 5) is 22.1. The summed E-state index contributed by atoms with van der Waals surface area (Å²) in [5.74, 6) is -1.72. The lowest BCUT2D eigenvalue weighted by molar-refractivity contribution is -0.147. The van der Waals surface area contributed by atoms with Crippen molar-refractivity contribution in [2.24, 2.45) is 0 Å². The Morgan fingerprint density at radius 3 is 2.68 bits per heavy atom. The Morgan fingerprint density at radius 1 is 1.42 bits per heavy atom. The molecular formula is C13H15ClO5. The van der Waals surface area contributed by atoms with Gasteiger partial charge in [-0.25, -0.2) is 4.79 Å². The molecule has 0 bridgehead atoms. The lowest BCUT2D eigenvalue weighted by atomic mass is 9.98. The maximum Gasteiger partial charge on any atom is 0.337 e. The van der Waals surface area contributed by atoms with E-state index in [1.807, 2.05) is 0 Å². The smallest absolute Gasteiger partial charge is 0.337 e. The van der Waals surface area contributed by atoms with Gasteiger partial charge in [-0.05, 0) is 36.6 Å². The molecule has 0 aliphatic rings. The van der Waals surface area contributed by atoms with Gasteiger partial charge in [-0.2, -0.15) is 0 Å². The number of rotatable bonds is 6. The van der Waals surface area contributed by atoms with Crippen molar-refractivity contribution >= 4 is 23.5 Å². The minimum absolute atomic E-state index is 0.105. The van der Waals surface area contributed by atoms with Crippen molar-refractivity contribution in [1.82, 2.24) is 0 Å². The van der Waals surface area contributed by atoms with E-state index in [0.717, 1.165) is 0 Å². The minimum Gasteiger partial charge on any atom is -0.479 e. The maximum absolute atomic E-state index is 11.3. The van der Waals surface area contributed by atoms with Crippen molar-refractivity contribution in [3.8, 4) is 0 Å². The number of carbonyl (C=O) groups is 2. The highest BCUT2D eigenvalue weighted by atomic mass is 35.5. The lowest BCUT2D eigenvalue weighted by Gasteiger charge is -2.12. The summed E-state index contributed by atoms with van der Waals surface area (Å²) in [5.41, 5.74) is 0.761. The molecule has 5 nitrogen and oxygen atoms in total. The Hall–Kier alpha value is -1.59. The molecule has 6 heteroatoms. The third-order valence-electron chi connectivity index (χ3n) is 2.54. The molecule has 19 heavy (non-hydrogen) atoms. The highest BCUT2D eigenvalue weighted by Crippen LogP contribution is 2.23. The number of carboxylic acids is 1. The van der Waals surface area contributed by atoms with Crippen LogP contribution in [0.4, 0.5) is 0 Å². The van der Waals surface area contributed by atoms with Gasteiger partial charge in [0.25, 0.3) is 0 Å². The third kappa shape index (κ3) is 4.54. The van der Waals surface area contributed by atoms with Gasteiger partial charge in [-0.1, -0.05) is 17.7 Å². The number of aryl methyl sites for hydroxylation is 1. The first-order valence-electron chi connectivity index (χ1n) is 5.80. The van der Waals surface area contributed by atoms with Crippen LogP contribution in [-0.2, 0) is 20.7 Å². The zero-order valence-electron chi connectivity index (χ0n) is 10.4. The SMILES string of the molecule is CCOC(=O)CCc1cc(Cl)ccc1C(O)C(=O)O. The van der Waals surface area contributed by atoms with E-state index in [-0.39, 0.29) is 24.4 Å². The van der Waals surface area contributed by atoms with E-state index >= 15 is 0 Å². The molecule has 1 unspecified atom stereocenters. The number of carboxylic acid groups (broad SMARTS) is 1. The zero-order chi connectivity index (χ0) is 14.4. The van der Waals surface area contributed by atoms with Crippen LogP contribution in [0.1, 0.15) is 30.6 Å². The van der Waals surface area contributed by atoms with Gasteiger partial charge >= 0.3 is 11.9 Å². The fourth-order valence-electron chi connectivity index (χ4n) is 1.66. The van der Waals surface area contributed by atoms with Gasteiger partial charge in [0.2, 0.25) is 0 Å². The fourth-order valence-corrected chi connectivity index (χ4v) is 1.86. The first kappa shape index (κ1) is 15.5. The molecule has 104 valence electrons. The second-order valence-corrected chi connectivity index (χ2v) is 4.33. The van der Waals surface area contributed by atoms with Crippen molar-refractivity contribution in [2.75, 3.05) is 6.61 Å². The van der Waals surface area contributed by atoms with Gasteiger partial charge in [0, 0.05) is 11.4 Å². The normalized spacial score (nSPS) is 11.9. The first-order valence-corrected chi connectivity index (χ1v) is 6.18. The lowest BCUT2D eigenvalue weighted by Crippen LogP contribution is -2.14. The minimum atomic E-state index is -1.63. The largest absolute Gasteiger partial charge is 0.479 e. The number of esters is 1. The Bertz CT molecular complexity index is 472. The Morgan fingerprint density at radius 2 is 2.11 bits per heavy atom. The Labute approximate surface area is 115 Å². The van der Waals surface area contributed by atoms with Crippen LogP contribution in [0, 0.1) is 0 Å². The molecule has 2 N–H and O–H groups in total. The molecule has 0 aliphatic heterocycles. The van der Waals surface area contributed by atoms with Crippen molar-refractivity contribution in [2.45, 2.75) is 25.9 Å². The van der Waals surface area contributed by atoms with Crippen molar-refractivity contribution in [1.29, 1.82) is 0 Å². The topological polar surface area (TPSA) is 83.8 Å². The number of ether oxygens (including phenoxy) is 1. The van der Waals surface area contributed by atoms with Crippen molar-refractivity contribution in [3.05, 3.63) is 34.3 Å². The van der Waals surface area contributed by atoms with Gasteiger partial charge in [0.05, 0.1) is 6.61 Å². The quantitative estimate of drug-likeness (QED) is 0.781. The van der Waals surface area contributed by atoms with E-state index in [1.54, 1.807) is 13.0 Å². The number of benzene rings is 1. The molecule has 0 heterocycles. The number of aliphatic hydroxyl groups excluding tert-OH is 1. The number of hydrogen-bond acceptors (Lipinski definition) is 4. The molecule has 1 atom stereocenters. The van der Waals surface area contributed by atoms with Crippen LogP contribution in [-0.4, -0.2) is 28.8 Å². The molecule has 0 fully saturated rings. The van der Waals surface area contributed by atoms with Gasteiger partial charge in [-0.15, -0.1) is 0 Å². The Balaban J connectivity index is 2.88. The number of halogens is 1. The summed E-state index contributed by atoms with van der Waals surface area (Å²) in [7, 11) is 0. The summed E-state index contributed by atoms with van der Waals surface area (Å²) < 4.78 is 4.79. The van der Waals surface area contributed by atoms with Crippen molar-refractivity contribution in [3.63, 3.8) is 0 Å². The predicted octanol–water partition coefficient (Wildman–Crippen LogP) is 1.95. The number of hydrogen-bond donors (Lipinski definition) is 2. The summed E-state index contributed by atoms with van der Waals surface area (Å²) in [6.45, 7) is 2.00. The van der Waals surface area contributed by atoms with Crippen LogP contribution in [0.3, 0.4) is 0 Å². The van der Waals surface area contributed by atoms with Crippen LogP contribution in [0.5, 0.6) is 0 Å². The van der Waals surface area contributed by atoms with Crippen LogP contribution < -0.4 is 0 Å². The number of aliphatic carboxylic acids is 1. The number of carbonyl (C=O) groups excluding carboxylic acids is 1. The summed E-state index contributed by atoms with van der Waals surface area (Å²) in [6, 6.07) is 4.49. The van der Waals surface area contributed by atoms with E-state index < -0.39 is 12.1 Å². The molecule has 1 rings (SSSR count). The highest BCUT2D eigenvalue weighted by Gasteiger charge is 2.20. The van der Waals surface area contributed by atoms with Crippen molar-refractivity contribution < 1.29 is 24.5 Å². The molecule has 0 spiro atoms. The summed E-state index contributed by atoms with van der Waals surface area (Å²) in [6.07, 6.45) is -1.26. The van der Waals surface area contributed by atoms with E-state index in [0.29, 0.717) is 17.2 Å². The summed E-state index contributed by atoms with van der Waals surface area (Å²) >= 11 is 5.83. The van der Waals surface area contributed by atoms with Gasteiger partial charge in [0.15, 0.2) is 6.10 Å². The van der Waals surface area contributed by atoms with Gasteiger partial charge in [0.1, 0.15) is 0 Å². The highest BCUT2D eigenvalue weighted by molar-refractivity contribution is 6.30. The molecule has 1 aromatic carbocycles. The van der Waals surface area contributed by atoms with Gasteiger partial charge in [-0.3, -0.25) is 4.79 Å². The van der Waals surface area contributed by atoms with Crippen LogP contribution in [0.15, 0.2) is 18.2 Å². The zero-order valence-corrected chi connectivity index (χ0v) is 11.2. The van der Waals surface area contributed by atoms with Crippen LogP contribution >= 0.6 is 11.6 Å². The van der Waals surface area contributed by atoms with E-state index in [4.69, 9.17) is 21.4 Å². The van der Waals surface area contributed by atoms with E-state index in [1.165, 1.54) is 12.1 Å². The van der Waals surface area contributed by atoms with Gasteiger partial charge < -0.3 is 14.9 Å². The van der Waals surface area contributed by atoms with E-state index in [2.05, 4.69) is 0 Å². The first-order chi connectivity index (χ1) is 8.95. The molecule has 0 radical (unpaired) electrons. The molecule has 0 aromatic heterocycles. The number of aliphatic hydroxyl groups is 1. The molecule has 1 aromatic rings. The second kappa shape index (κ2) is 7.11.